The molecule has 0 aliphatic rings. The van der Waals surface area contributed by atoms with Crippen LogP contribution in [0.2, 0.25) is 0 Å². The van der Waals surface area contributed by atoms with Gasteiger partial charge in [0.05, 0.1) is 11.9 Å². The molecule has 3 aromatic carbocycles. The first-order valence-electron chi connectivity index (χ1n) is 12.9. The third kappa shape index (κ3) is 8.41. The molecule has 3 rings (SSSR count). The van der Waals surface area contributed by atoms with E-state index in [1.165, 1.54) is 4.90 Å². The Bertz CT molecular complexity index is 1380. The van der Waals surface area contributed by atoms with Crippen molar-refractivity contribution < 1.29 is 18.0 Å². The van der Waals surface area contributed by atoms with Crippen molar-refractivity contribution in [3.63, 3.8) is 0 Å². The number of anilines is 1. The Labute approximate surface area is 240 Å². The third-order valence-electron chi connectivity index (χ3n) is 6.43. The van der Waals surface area contributed by atoms with Crippen LogP contribution in [0.5, 0.6) is 0 Å². The van der Waals surface area contributed by atoms with Gasteiger partial charge < -0.3 is 10.2 Å². The molecule has 2 amide bonds. The summed E-state index contributed by atoms with van der Waals surface area (Å²) in [6.07, 6.45) is 2.14. The van der Waals surface area contributed by atoms with Crippen molar-refractivity contribution in [2.24, 2.45) is 0 Å². The van der Waals surface area contributed by atoms with Crippen LogP contribution in [-0.2, 0) is 32.6 Å². The number of halogens is 1. The van der Waals surface area contributed by atoms with Gasteiger partial charge in [0.1, 0.15) is 12.6 Å². The summed E-state index contributed by atoms with van der Waals surface area (Å²) in [6.45, 7) is 5.79. The van der Waals surface area contributed by atoms with Gasteiger partial charge in [-0.05, 0) is 54.7 Å². The van der Waals surface area contributed by atoms with Gasteiger partial charge in [-0.3, -0.25) is 13.9 Å². The van der Waals surface area contributed by atoms with Crippen LogP contribution in [0.3, 0.4) is 0 Å². The molecular weight excluding hydrogens is 578 g/mol. The zero-order valence-corrected chi connectivity index (χ0v) is 25.3. The summed E-state index contributed by atoms with van der Waals surface area (Å²) in [4.78, 5) is 29.2. The lowest BCUT2D eigenvalue weighted by Gasteiger charge is -2.34. The largest absolute Gasteiger partial charge is 0.354 e. The molecule has 0 bridgehead atoms. The summed E-state index contributed by atoms with van der Waals surface area (Å²) in [5, 5.41) is 2.94. The van der Waals surface area contributed by atoms with Gasteiger partial charge in [0, 0.05) is 24.0 Å². The van der Waals surface area contributed by atoms with Gasteiger partial charge in [-0.15, -0.1) is 0 Å². The van der Waals surface area contributed by atoms with Crippen molar-refractivity contribution in [1.29, 1.82) is 0 Å². The Morgan fingerprint density at radius 1 is 0.923 bits per heavy atom. The molecule has 0 heterocycles. The molecule has 0 unspecified atom stereocenters. The van der Waals surface area contributed by atoms with Crippen LogP contribution in [0.1, 0.15) is 35.6 Å². The first-order valence-corrected chi connectivity index (χ1v) is 15.5. The van der Waals surface area contributed by atoms with E-state index in [0.717, 1.165) is 43.7 Å². The number of hydrogen-bond acceptors (Lipinski definition) is 4. The van der Waals surface area contributed by atoms with E-state index < -0.39 is 28.5 Å². The molecule has 0 aliphatic heterocycles. The van der Waals surface area contributed by atoms with Crippen molar-refractivity contribution >= 4 is 43.5 Å². The Morgan fingerprint density at radius 3 is 2.13 bits per heavy atom. The number of nitrogens with zero attached hydrogens (tertiary/aromatic N) is 2. The van der Waals surface area contributed by atoms with Crippen molar-refractivity contribution in [1.82, 2.24) is 10.2 Å². The van der Waals surface area contributed by atoms with Gasteiger partial charge >= 0.3 is 0 Å². The van der Waals surface area contributed by atoms with Crippen LogP contribution < -0.4 is 9.62 Å². The second-order valence-corrected chi connectivity index (χ2v) is 12.5. The standard InChI is InChI=1S/C30H36BrN3O4S/c1-5-17-32-30(36)27(19-24-13-7-6-8-14-24)33(20-25-15-10-16-26(31)18-25)28(35)21-34(39(4,37)38)29-22(2)11-9-12-23(29)3/h6-16,18,27H,5,17,19-21H2,1-4H3,(H,32,36)/t27-/m0/s1. The molecule has 0 saturated heterocycles. The molecule has 0 radical (unpaired) electrons. The third-order valence-corrected chi connectivity index (χ3v) is 8.04. The molecule has 39 heavy (non-hydrogen) atoms. The van der Waals surface area contributed by atoms with Crippen LogP contribution in [-0.4, -0.2) is 50.5 Å². The highest BCUT2D eigenvalue weighted by molar-refractivity contribution is 9.10. The number of aryl methyl sites for hydroxylation is 2. The monoisotopic (exact) mass is 613 g/mol. The first kappa shape index (κ1) is 30.4. The normalized spacial score (nSPS) is 12.0. The summed E-state index contributed by atoms with van der Waals surface area (Å²) < 4.78 is 28.0. The fourth-order valence-electron chi connectivity index (χ4n) is 4.53. The predicted octanol–water partition coefficient (Wildman–Crippen LogP) is 5.00. The van der Waals surface area contributed by atoms with E-state index in [9.17, 15) is 18.0 Å². The second-order valence-electron chi connectivity index (χ2n) is 9.66. The predicted molar refractivity (Wildman–Crippen MR) is 160 cm³/mol. The average molecular weight is 615 g/mol. The van der Waals surface area contributed by atoms with Crippen molar-refractivity contribution in [3.8, 4) is 0 Å². The smallest absolute Gasteiger partial charge is 0.244 e. The molecule has 0 aliphatic carbocycles. The van der Waals surface area contributed by atoms with E-state index in [0.29, 0.717) is 18.7 Å². The quantitative estimate of drug-likeness (QED) is 0.311. The number of amides is 2. The molecule has 1 atom stereocenters. The molecular formula is C30H36BrN3O4S. The Kier molecular flexibility index (Phi) is 10.7. The Balaban J connectivity index is 2.08. The van der Waals surface area contributed by atoms with E-state index in [-0.39, 0.29) is 12.5 Å². The highest BCUT2D eigenvalue weighted by atomic mass is 79.9. The summed E-state index contributed by atoms with van der Waals surface area (Å²) in [7, 11) is -3.81. The van der Waals surface area contributed by atoms with Crippen LogP contribution >= 0.6 is 15.9 Å². The minimum atomic E-state index is -3.81. The minimum absolute atomic E-state index is 0.139. The van der Waals surface area contributed by atoms with Crippen molar-refractivity contribution in [3.05, 3.63) is 99.5 Å². The zero-order chi connectivity index (χ0) is 28.6. The second kappa shape index (κ2) is 13.8. The van der Waals surface area contributed by atoms with E-state index in [1.807, 2.05) is 93.6 Å². The molecule has 0 spiro atoms. The van der Waals surface area contributed by atoms with Gasteiger partial charge in [-0.2, -0.15) is 0 Å². The highest BCUT2D eigenvalue weighted by Crippen LogP contribution is 2.27. The molecule has 1 N–H and O–H groups in total. The van der Waals surface area contributed by atoms with Crippen LogP contribution in [0.15, 0.2) is 77.3 Å². The number of carbonyl (C=O) groups excluding carboxylic acids is 2. The van der Waals surface area contributed by atoms with E-state index in [1.54, 1.807) is 0 Å². The number of para-hydroxylation sites is 1. The molecule has 7 nitrogen and oxygen atoms in total. The number of rotatable bonds is 12. The van der Waals surface area contributed by atoms with Gasteiger partial charge in [-0.25, -0.2) is 8.42 Å². The Morgan fingerprint density at radius 2 is 1.54 bits per heavy atom. The summed E-state index contributed by atoms with van der Waals surface area (Å²) >= 11 is 3.49. The van der Waals surface area contributed by atoms with Crippen molar-refractivity contribution in [2.45, 2.75) is 46.2 Å². The van der Waals surface area contributed by atoms with Gasteiger partial charge in [0.25, 0.3) is 0 Å². The van der Waals surface area contributed by atoms with Gasteiger partial charge in [0.15, 0.2) is 0 Å². The fraction of sp³-hybridized carbons (Fsp3) is 0.333. The SMILES string of the molecule is CCCNC(=O)[C@H](Cc1ccccc1)N(Cc1cccc(Br)c1)C(=O)CN(c1c(C)cccc1C)S(C)(=O)=O. The maximum absolute atomic E-state index is 14.1. The van der Waals surface area contributed by atoms with E-state index in [4.69, 9.17) is 0 Å². The number of carbonyl (C=O) groups is 2. The zero-order valence-electron chi connectivity index (χ0n) is 22.9. The number of sulfonamides is 1. The lowest BCUT2D eigenvalue weighted by molar-refractivity contribution is -0.140. The van der Waals surface area contributed by atoms with Crippen molar-refractivity contribution in [2.75, 3.05) is 23.7 Å². The van der Waals surface area contributed by atoms with E-state index in [2.05, 4.69) is 21.2 Å². The topological polar surface area (TPSA) is 86.8 Å². The maximum Gasteiger partial charge on any atom is 0.244 e. The lowest BCUT2D eigenvalue weighted by Crippen LogP contribution is -2.53. The van der Waals surface area contributed by atoms with Gasteiger partial charge in [-0.1, -0.05) is 83.5 Å². The summed E-state index contributed by atoms with van der Waals surface area (Å²) in [6, 6.07) is 21.7. The average Bonchev–Trinajstić information content (AvgIpc) is 2.88. The van der Waals surface area contributed by atoms with Crippen LogP contribution in [0.4, 0.5) is 5.69 Å². The van der Waals surface area contributed by atoms with Gasteiger partial charge in [0.2, 0.25) is 21.8 Å². The molecule has 9 heteroatoms. The molecule has 208 valence electrons. The highest BCUT2D eigenvalue weighted by Gasteiger charge is 2.33. The molecule has 0 saturated carbocycles. The molecule has 0 aromatic heterocycles. The Hall–Kier alpha value is -3.17. The van der Waals surface area contributed by atoms with E-state index >= 15 is 0 Å². The van der Waals surface area contributed by atoms with Crippen LogP contribution in [0.25, 0.3) is 0 Å². The summed E-state index contributed by atoms with van der Waals surface area (Å²) in [5.41, 5.74) is 3.68. The number of benzene rings is 3. The molecule has 0 fully saturated rings. The number of hydrogen-bond donors (Lipinski definition) is 1. The maximum atomic E-state index is 14.1. The fourth-order valence-corrected chi connectivity index (χ4v) is 5.94. The number of nitrogens with one attached hydrogen (secondary N) is 1. The first-order chi connectivity index (χ1) is 18.5. The minimum Gasteiger partial charge on any atom is -0.354 e. The van der Waals surface area contributed by atoms with Crippen LogP contribution in [0, 0.1) is 13.8 Å². The summed E-state index contributed by atoms with van der Waals surface area (Å²) in [5.74, 6) is -0.738. The molecule has 3 aromatic rings. The lowest BCUT2D eigenvalue weighted by atomic mass is 10.0.